The molecule has 0 aliphatic carbocycles. The van der Waals surface area contributed by atoms with E-state index in [1.807, 2.05) is 18.5 Å². The van der Waals surface area contributed by atoms with E-state index < -0.39 is 0 Å². The van der Waals surface area contributed by atoms with Crippen LogP contribution in [-0.4, -0.2) is 27.3 Å². The molecule has 2 aromatic rings. The minimum absolute atomic E-state index is 0.412. The van der Waals surface area contributed by atoms with Crippen molar-refractivity contribution in [3.8, 4) is 0 Å². The third-order valence-corrected chi connectivity index (χ3v) is 2.17. The standard InChI is InChI=1S/C9H9N3O/c1-2-11-12-5-7(3-8-6-13-8)4-10-9(1)12/h1-2,4-5,8H,3,6H2. The summed E-state index contributed by atoms with van der Waals surface area (Å²) in [6.07, 6.45) is 7.00. The van der Waals surface area contributed by atoms with Gasteiger partial charge >= 0.3 is 0 Å². The highest BCUT2D eigenvalue weighted by Crippen LogP contribution is 2.15. The molecular weight excluding hydrogens is 166 g/mol. The summed E-state index contributed by atoms with van der Waals surface area (Å²) < 4.78 is 6.94. The highest BCUT2D eigenvalue weighted by molar-refractivity contribution is 5.35. The lowest BCUT2D eigenvalue weighted by atomic mass is 10.2. The lowest BCUT2D eigenvalue weighted by Gasteiger charge is -1.97. The highest BCUT2D eigenvalue weighted by Gasteiger charge is 2.22. The summed E-state index contributed by atoms with van der Waals surface area (Å²) in [5.41, 5.74) is 2.07. The molecule has 1 saturated heterocycles. The maximum absolute atomic E-state index is 5.15. The van der Waals surface area contributed by atoms with E-state index in [4.69, 9.17) is 4.74 Å². The lowest BCUT2D eigenvalue weighted by Crippen LogP contribution is -1.98. The largest absolute Gasteiger partial charge is 0.373 e. The van der Waals surface area contributed by atoms with Crippen molar-refractivity contribution >= 4 is 5.65 Å². The van der Waals surface area contributed by atoms with Crippen LogP contribution in [0.4, 0.5) is 0 Å². The molecule has 3 heterocycles. The molecule has 0 radical (unpaired) electrons. The summed E-state index contributed by atoms with van der Waals surface area (Å²) in [6.45, 7) is 0.886. The second-order valence-corrected chi connectivity index (χ2v) is 3.26. The Bertz CT molecular complexity index is 433. The van der Waals surface area contributed by atoms with Crippen LogP contribution >= 0.6 is 0 Å². The van der Waals surface area contributed by atoms with Crippen LogP contribution in [0.1, 0.15) is 5.56 Å². The predicted molar refractivity (Wildman–Crippen MR) is 46.4 cm³/mol. The molecule has 1 unspecified atom stereocenters. The summed E-state index contributed by atoms with van der Waals surface area (Å²) in [5.74, 6) is 0. The van der Waals surface area contributed by atoms with Crippen molar-refractivity contribution in [3.05, 3.63) is 30.2 Å². The van der Waals surface area contributed by atoms with Gasteiger partial charge in [-0.05, 0) is 5.56 Å². The van der Waals surface area contributed by atoms with Crippen molar-refractivity contribution in [3.63, 3.8) is 0 Å². The van der Waals surface area contributed by atoms with Gasteiger partial charge in [-0.3, -0.25) is 0 Å². The zero-order valence-electron chi connectivity index (χ0n) is 7.05. The summed E-state index contributed by atoms with van der Waals surface area (Å²) in [4.78, 5) is 4.27. The Morgan fingerprint density at radius 3 is 3.38 bits per heavy atom. The molecule has 0 bridgehead atoms. The number of hydrogen-bond donors (Lipinski definition) is 0. The maximum Gasteiger partial charge on any atom is 0.154 e. The Hall–Kier alpha value is -1.42. The molecule has 1 aliphatic heterocycles. The molecule has 0 spiro atoms. The topological polar surface area (TPSA) is 42.7 Å². The maximum atomic E-state index is 5.15. The zero-order valence-corrected chi connectivity index (χ0v) is 7.05. The summed E-state index contributed by atoms with van der Waals surface area (Å²) in [5, 5.41) is 4.12. The summed E-state index contributed by atoms with van der Waals surface area (Å²) in [6, 6.07) is 1.89. The van der Waals surface area contributed by atoms with Gasteiger partial charge in [0.15, 0.2) is 5.65 Å². The van der Waals surface area contributed by atoms with Gasteiger partial charge in [-0.1, -0.05) is 0 Å². The minimum Gasteiger partial charge on any atom is -0.373 e. The van der Waals surface area contributed by atoms with Crippen LogP contribution in [-0.2, 0) is 11.2 Å². The van der Waals surface area contributed by atoms with Gasteiger partial charge in [-0.2, -0.15) is 5.10 Å². The van der Waals surface area contributed by atoms with Crippen molar-refractivity contribution in [2.24, 2.45) is 0 Å². The monoisotopic (exact) mass is 175 g/mol. The first-order valence-corrected chi connectivity index (χ1v) is 4.32. The number of fused-ring (bicyclic) bond motifs is 1. The second kappa shape index (κ2) is 2.53. The van der Waals surface area contributed by atoms with Crippen molar-refractivity contribution in [2.45, 2.75) is 12.5 Å². The van der Waals surface area contributed by atoms with E-state index in [1.165, 1.54) is 5.56 Å². The van der Waals surface area contributed by atoms with Crippen molar-refractivity contribution in [1.29, 1.82) is 0 Å². The second-order valence-electron chi connectivity index (χ2n) is 3.26. The fourth-order valence-electron chi connectivity index (χ4n) is 1.40. The number of rotatable bonds is 2. The van der Waals surface area contributed by atoms with Crippen molar-refractivity contribution < 1.29 is 4.74 Å². The molecular formula is C9H9N3O. The van der Waals surface area contributed by atoms with E-state index in [9.17, 15) is 0 Å². The Balaban J connectivity index is 1.99. The third kappa shape index (κ3) is 1.29. The molecule has 1 atom stereocenters. The Labute approximate surface area is 75.2 Å². The number of aromatic nitrogens is 3. The molecule has 2 aromatic heterocycles. The normalized spacial score (nSPS) is 20.8. The van der Waals surface area contributed by atoms with Gasteiger partial charge < -0.3 is 4.74 Å². The lowest BCUT2D eigenvalue weighted by molar-refractivity contribution is 0.407. The summed E-state index contributed by atoms with van der Waals surface area (Å²) >= 11 is 0. The fourth-order valence-corrected chi connectivity index (χ4v) is 1.40. The number of epoxide rings is 1. The molecule has 66 valence electrons. The van der Waals surface area contributed by atoms with Gasteiger partial charge in [-0.15, -0.1) is 0 Å². The Morgan fingerprint density at radius 2 is 2.54 bits per heavy atom. The van der Waals surface area contributed by atoms with Gasteiger partial charge in [0, 0.05) is 24.9 Å². The average molecular weight is 175 g/mol. The average Bonchev–Trinajstić information content (AvgIpc) is 2.83. The van der Waals surface area contributed by atoms with Crippen LogP contribution in [0.3, 0.4) is 0 Å². The summed E-state index contributed by atoms with van der Waals surface area (Å²) in [7, 11) is 0. The van der Waals surface area contributed by atoms with E-state index in [1.54, 1.807) is 10.7 Å². The molecule has 13 heavy (non-hydrogen) atoms. The van der Waals surface area contributed by atoms with Crippen LogP contribution in [0.25, 0.3) is 5.65 Å². The van der Waals surface area contributed by atoms with Gasteiger partial charge in [0.05, 0.1) is 18.9 Å². The molecule has 1 aliphatic rings. The first-order valence-electron chi connectivity index (χ1n) is 4.32. The van der Waals surface area contributed by atoms with Crippen LogP contribution in [0.5, 0.6) is 0 Å². The van der Waals surface area contributed by atoms with Gasteiger partial charge in [0.1, 0.15) is 0 Å². The quantitative estimate of drug-likeness (QED) is 0.630. The predicted octanol–water partition coefficient (Wildman–Crippen LogP) is 0.671. The highest BCUT2D eigenvalue weighted by atomic mass is 16.6. The number of hydrogen-bond acceptors (Lipinski definition) is 3. The molecule has 4 heteroatoms. The number of ether oxygens (including phenoxy) is 1. The van der Waals surface area contributed by atoms with Crippen molar-refractivity contribution in [2.75, 3.05) is 6.61 Å². The van der Waals surface area contributed by atoms with E-state index in [-0.39, 0.29) is 0 Å². The Morgan fingerprint density at radius 1 is 1.62 bits per heavy atom. The first kappa shape index (κ1) is 7.03. The Kier molecular flexibility index (Phi) is 1.37. The van der Waals surface area contributed by atoms with Gasteiger partial charge in [-0.25, -0.2) is 9.50 Å². The van der Waals surface area contributed by atoms with Crippen LogP contribution < -0.4 is 0 Å². The van der Waals surface area contributed by atoms with E-state index in [0.717, 1.165) is 18.7 Å². The fraction of sp³-hybridized carbons (Fsp3) is 0.333. The van der Waals surface area contributed by atoms with E-state index >= 15 is 0 Å². The third-order valence-electron chi connectivity index (χ3n) is 2.17. The molecule has 0 N–H and O–H groups in total. The molecule has 4 nitrogen and oxygen atoms in total. The van der Waals surface area contributed by atoms with E-state index in [2.05, 4.69) is 10.1 Å². The first-order chi connectivity index (χ1) is 6.42. The molecule has 1 fully saturated rings. The molecule has 0 aromatic carbocycles. The molecule has 3 rings (SSSR count). The van der Waals surface area contributed by atoms with Crippen LogP contribution in [0, 0.1) is 0 Å². The van der Waals surface area contributed by atoms with Crippen molar-refractivity contribution in [1.82, 2.24) is 14.6 Å². The molecule has 0 saturated carbocycles. The van der Waals surface area contributed by atoms with E-state index in [0.29, 0.717) is 6.10 Å². The van der Waals surface area contributed by atoms with Gasteiger partial charge in [0.25, 0.3) is 0 Å². The van der Waals surface area contributed by atoms with Crippen LogP contribution in [0.2, 0.25) is 0 Å². The van der Waals surface area contributed by atoms with Gasteiger partial charge in [0.2, 0.25) is 0 Å². The van der Waals surface area contributed by atoms with Crippen LogP contribution in [0.15, 0.2) is 24.7 Å². The SMILES string of the molecule is c1cc2ncc(CC3CO3)cn2n1. The zero-order chi connectivity index (χ0) is 8.67. The number of nitrogens with zero attached hydrogens (tertiary/aromatic N) is 3. The smallest absolute Gasteiger partial charge is 0.154 e. The minimum atomic E-state index is 0.412. The molecule has 0 amide bonds.